The van der Waals surface area contributed by atoms with Crippen LogP contribution in [0.15, 0.2) is 36.4 Å². The second-order valence-corrected chi connectivity index (χ2v) is 5.36. The molecule has 0 aliphatic carbocycles. The molecule has 0 saturated heterocycles. The van der Waals surface area contributed by atoms with Crippen molar-refractivity contribution in [2.45, 2.75) is 20.5 Å². The van der Waals surface area contributed by atoms with E-state index in [-0.39, 0.29) is 0 Å². The Morgan fingerprint density at radius 1 is 1.17 bits per heavy atom. The maximum atomic E-state index is 11.6. The van der Waals surface area contributed by atoms with E-state index >= 15 is 0 Å². The van der Waals surface area contributed by atoms with E-state index in [1.165, 1.54) is 17.5 Å². The number of carbonyl (C=O) groups is 1. The number of carbonyl (C=O) groups excluding carboxylic acids is 1. The maximum absolute atomic E-state index is 11.6. The van der Waals surface area contributed by atoms with Crippen molar-refractivity contribution in [2.24, 2.45) is 0 Å². The Morgan fingerprint density at radius 3 is 2.78 bits per heavy atom. The fourth-order valence-electron chi connectivity index (χ4n) is 2.32. The van der Waals surface area contributed by atoms with Crippen LogP contribution in [-0.2, 0) is 11.3 Å². The molecule has 3 rings (SSSR count). The fourth-order valence-corrected chi connectivity index (χ4v) is 2.32. The van der Waals surface area contributed by atoms with Crippen LogP contribution in [-0.4, -0.2) is 28.2 Å². The smallest absolute Gasteiger partial charge is 0.337 e. The molecule has 0 bridgehead atoms. The third-order valence-electron chi connectivity index (χ3n) is 3.68. The van der Waals surface area contributed by atoms with Crippen molar-refractivity contribution in [3.8, 4) is 0 Å². The summed E-state index contributed by atoms with van der Waals surface area (Å²) in [4.78, 5) is 18.7. The first-order chi connectivity index (χ1) is 11.1. The van der Waals surface area contributed by atoms with Crippen LogP contribution in [0.25, 0.3) is 11.0 Å². The van der Waals surface area contributed by atoms with Crippen LogP contribution in [0.1, 0.15) is 27.0 Å². The Kier molecular flexibility index (Phi) is 3.97. The molecule has 3 aromatic rings. The molecule has 6 nitrogen and oxygen atoms in total. The zero-order chi connectivity index (χ0) is 16.4. The summed E-state index contributed by atoms with van der Waals surface area (Å²) in [5.74, 6) is -0.408. The van der Waals surface area contributed by atoms with E-state index in [0.29, 0.717) is 23.2 Å². The lowest BCUT2D eigenvalue weighted by atomic mass is 10.1. The molecular formula is C17H17N3O3. The molecule has 0 atom stereocenters. The molecule has 1 aromatic heterocycles. The number of aryl methyl sites for hydroxylation is 2. The Bertz CT molecular complexity index is 871. The van der Waals surface area contributed by atoms with Crippen LogP contribution in [0.3, 0.4) is 0 Å². The van der Waals surface area contributed by atoms with Gasteiger partial charge in [0.25, 0.3) is 0 Å². The number of rotatable bonds is 4. The van der Waals surface area contributed by atoms with Crippen molar-refractivity contribution >= 4 is 17.0 Å². The lowest BCUT2D eigenvalue weighted by molar-refractivity contribution is 0.0600. The average molecular weight is 311 g/mol. The van der Waals surface area contributed by atoms with Crippen molar-refractivity contribution in [2.75, 3.05) is 7.11 Å². The highest BCUT2D eigenvalue weighted by Gasteiger charge is 2.11. The lowest BCUT2D eigenvalue weighted by Crippen LogP contribution is -2.14. The second kappa shape index (κ2) is 6.08. The Hall–Kier alpha value is -2.89. The SMILES string of the molecule is COC(=O)c1ccc2nnn(OCc3cc(C)ccc3C)c2c1. The minimum Gasteiger partial charge on any atom is -0.465 e. The Balaban J connectivity index is 1.88. The van der Waals surface area contributed by atoms with Crippen LogP contribution < -0.4 is 4.84 Å². The van der Waals surface area contributed by atoms with Crippen LogP contribution in [0.4, 0.5) is 0 Å². The van der Waals surface area contributed by atoms with E-state index in [0.717, 1.165) is 11.1 Å². The van der Waals surface area contributed by atoms with E-state index < -0.39 is 5.97 Å². The number of hydrogen-bond donors (Lipinski definition) is 0. The van der Waals surface area contributed by atoms with Gasteiger partial charge in [-0.3, -0.25) is 0 Å². The van der Waals surface area contributed by atoms with Gasteiger partial charge in [0.15, 0.2) is 0 Å². The van der Waals surface area contributed by atoms with Crippen molar-refractivity contribution < 1.29 is 14.4 Å². The number of esters is 1. The molecule has 1 heterocycles. The predicted molar refractivity (Wildman–Crippen MR) is 85.1 cm³/mol. The van der Waals surface area contributed by atoms with Gasteiger partial charge in [0.05, 0.1) is 12.7 Å². The molecule has 0 saturated carbocycles. The normalized spacial score (nSPS) is 10.7. The number of hydrogen-bond acceptors (Lipinski definition) is 5. The average Bonchev–Trinajstić information content (AvgIpc) is 2.97. The summed E-state index contributed by atoms with van der Waals surface area (Å²) in [6.45, 7) is 4.44. The zero-order valence-electron chi connectivity index (χ0n) is 13.2. The summed E-state index contributed by atoms with van der Waals surface area (Å²) in [7, 11) is 1.35. The van der Waals surface area contributed by atoms with Crippen molar-refractivity contribution in [3.05, 3.63) is 58.7 Å². The summed E-state index contributed by atoms with van der Waals surface area (Å²) in [5.41, 5.74) is 5.11. The largest absolute Gasteiger partial charge is 0.465 e. The van der Waals surface area contributed by atoms with Gasteiger partial charge in [0, 0.05) is 0 Å². The summed E-state index contributed by atoms with van der Waals surface area (Å²) in [6, 6.07) is 11.2. The molecule has 0 spiro atoms. The van der Waals surface area contributed by atoms with Gasteiger partial charge in [-0.15, -0.1) is 5.10 Å². The summed E-state index contributed by atoms with van der Waals surface area (Å²) in [5, 5.41) is 8.01. The van der Waals surface area contributed by atoms with E-state index in [1.54, 1.807) is 18.2 Å². The summed E-state index contributed by atoms with van der Waals surface area (Å²) < 4.78 is 4.73. The molecule has 0 aliphatic heterocycles. The molecule has 0 unspecified atom stereocenters. The third-order valence-corrected chi connectivity index (χ3v) is 3.68. The molecule has 6 heteroatoms. The highest BCUT2D eigenvalue weighted by atomic mass is 16.7. The Labute approximate surface area is 133 Å². The minimum atomic E-state index is -0.408. The number of benzene rings is 2. The molecule has 23 heavy (non-hydrogen) atoms. The molecule has 0 fully saturated rings. The first-order valence-electron chi connectivity index (χ1n) is 7.21. The summed E-state index contributed by atoms with van der Waals surface area (Å²) >= 11 is 0. The molecule has 2 aromatic carbocycles. The quantitative estimate of drug-likeness (QED) is 0.692. The minimum absolute atomic E-state index is 0.369. The van der Waals surface area contributed by atoms with Crippen molar-refractivity contribution in [1.29, 1.82) is 0 Å². The standard InChI is InChI=1S/C17H17N3O3/c1-11-4-5-12(2)14(8-11)10-23-20-16-9-13(17(21)22-3)6-7-15(16)18-19-20/h4-9H,10H2,1-3H3. The molecule has 0 N–H and O–H groups in total. The zero-order valence-corrected chi connectivity index (χ0v) is 13.2. The number of methoxy groups -OCH3 is 1. The molecule has 0 radical (unpaired) electrons. The summed E-state index contributed by atoms with van der Waals surface area (Å²) in [6.07, 6.45) is 0. The predicted octanol–water partition coefficient (Wildman–Crippen LogP) is 2.46. The van der Waals surface area contributed by atoms with Gasteiger partial charge in [-0.2, -0.15) is 0 Å². The Morgan fingerprint density at radius 2 is 2.00 bits per heavy atom. The van der Waals surface area contributed by atoms with E-state index in [1.807, 2.05) is 13.8 Å². The topological polar surface area (TPSA) is 66.2 Å². The van der Waals surface area contributed by atoms with Gasteiger partial charge in [-0.25, -0.2) is 4.79 Å². The molecule has 0 amide bonds. The number of aromatic nitrogens is 3. The van der Waals surface area contributed by atoms with Gasteiger partial charge >= 0.3 is 5.97 Å². The number of nitrogens with zero attached hydrogens (tertiary/aromatic N) is 3. The van der Waals surface area contributed by atoms with E-state index in [9.17, 15) is 4.79 Å². The van der Waals surface area contributed by atoms with E-state index in [2.05, 4.69) is 28.5 Å². The monoisotopic (exact) mass is 311 g/mol. The first kappa shape index (κ1) is 15.0. The van der Waals surface area contributed by atoms with E-state index in [4.69, 9.17) is 9.57 Å². The van der Waals surface area contributed by atoms with Gasteiger partial charge in [-0.1, -0.05) is 28.6 Å². The van der Waals surface area contributed by atoms with Gasteiger partial charge in [-0.05, 0) is 48.4 Å². The first-order valence-corrected chi connectivity index (χ1v) is 7.21. The van der Waals surface area contributed by atoms with Crippen LogP contribution in [0, 0.1) is 13.8 Å². The van der Waals surface area contributed by atoms with Gasteiger partial charge in [0.2, 0.25) is 0 Å². The molecule has 118 valence electrons. The second-order valence-electron chi connectivity index (χ2n) is 5.36. The van der Waals surface area contributed by atoms with Gasteiger partial charge < -0.3 is 9.57 Å². The van der Waals surface area contributed by atoms with Crippen molar-refractivity contribution in [1.82, 2.24) is 15.2 Å². The number of fused-ring (bicyclic) bond motifs is 1. The number of ether oxygens (including phenoxy) is 1. The van der Waals surface area contributed by atoms with Crippen LogP contribution >= 0.6 is 0 Å². The third kappa shape index (κ3) is 3.01. The van der Waals surface area contributed by atoms with Crippen molar-refractivity contribution in [3.63, 3.8) is 0 Å². The van der Waals surface area contributed by atoms with Crippen LogP contribution in [0.5, 0.6) is 0 Å². The highest BCUT2D eigenvalue weighted by Crippen LogP contribution is 2.15. The van der Waals surface area contributed by atoms with Gasteiger partial charge in [0.1, 0.15) is 17.6 Å². The lowest BCUT2D eigenvalue weighted by Gasteiger charge is -2.09. The fraction of sp³-hybridized carbons (Fsp3) is 0.235. The molecule has 0 aliphatic rings. The highest BCUT2D eigenvalue weighted by molar-refractivity contribution is 5.93. The molecular weight excluding hydrogens is 294 g/mol. The van der Waals surface area contributed by atoms with Crippen LogP contribution in [0.2, 0.25) is 0 Å². The maximum Gasteiger partial charge on any atom is 0.337 e.